The summed E-state index contributed by atoms with van der Waals surface area (Å²) < 4.78 is 0. The number of carbonyl (C=O) groups excluding carboxylic acids is 3. The number of anilines is 1. The van der Waals surface area contributed by atoms with Crippen LogP contribution in [0.25, 0.3) is 0 Å². The molecule has 3 unspecified atom stereocenters. The molecule has 1 saturated heterocycles. The van der Waals surface area contributed by atoms with Crippen molar-refractivity contribution in [2.45, 2.75) is 44.2 Å². The summed E-state index contributed by atoms with van der Waals surface area (Å²) in [6.07, 6.45) is 4.82. The second-order valence-corrected chi connectivity index (χ2v) is 8.61. The molecular formula is C24H26ClN3O3. The molecule has 2 aromatic rings. The second-order valence-electron chi connectivity index (χ2n) is 8.20. The molecule has 31 heavy (non-hydrogen) atoms. The van der Waals surface area contributed by atoms with Crippen LogP contribution in [-0.2, 0) is 4.79 Å². The van der Waals surface area contributed by atoms with Crippen molar-refractivity contribution in [3.05, 3.63) is 64.7 Å². The van der Waals surface area contributed by atoms with Crippen LogP contribution in [0.3, 0.4) is 0 Å². The van der Waals surface area contributed by atoms with Crippen molar-refractivity contribution < 1.29 is 14.4 Å². The fourth-order valence-electron chi connectivity index (χ4n) is 4.85. The molecule has 162 valence electrons. The second kappa shape index (κ2) is 9.10. The molecule has 2 N–H and O–H groups in total. The van der Waals surface area contributed by atoms with Crippen LogP contribution in [0.2, 0.25) is 5.02 Å². The average molecular weight is 440 g/mol. The highest BCUT2D eigenvalue weighted by Crippen LogP contribution is 2.41. The van der Waals surface area contributed by atoms with Crippen molar-refractivity contribution in [3.63, 3.8) is 0 Å². The number of carbonyl (C=O) groups is 3. The van der Waals surface area contributed by atoms with Crippen LogP contribution >= 0.6 is 11.6 Å². The summed E-state index contributed by atoms with van der Waals surface area (Å²) in [4.78, 5) is 40.5. The van der Waals surface area contributed by atoms with Gasteiger partial charge in [0.15, 0.2) is 0 Å². The molecule has 3 atom stereocenters. The molecule has 0 radical (unpaired) electrons. The van der Waals surface area contributed by atoms with Crippen LogP contribution in [0.1, 0.15) is 52.8 Å². The summed E-state index contributed by atoms with van der Waals surface area (Å²) in [5.74, 6) is -0.321. The monoisotopic (exact) mass is 439 g/mol. The van der Waals surface area contributed by atoms with Gasteiger partial charge in [-0.05, 0) is 55.5 Å². The summed E-state index contributed by atoms with van der Waals surface area (Å²) in [6.45, 7) is 0. The lowest BCUT2D eigenvalue weighted by Crippen LogP contribution is -2.47. The number of nitrogens with one attached hydrogen (secondary N) is 2. The SMILES string of the molecule is CNC(=O)c1cc(NC(=O)C2CC3CCCCC3N2C(=O)c2ccccc2)ccc1Cl. The fourth-order valence-corrected chi connectivity index (χ4v) is 5.06. The lowest BCUT2D eigenvalue weighted by Gasteiger charge is -2.33. The van der Waals surface area contributed by atoms with Crippen LogP contribution in [-0.4, -0.2) is 41.8 Å². The lowest BCUT2D eigenvalue weighted by molar-refractivity contribution is -0.120. The molecule has 2 fully saturated rings. The van der Waals surface area contributed by atoms with Crippen molar-refractivity contribution in [1.82, 2.24) is 10.2 Å². The minimum Gasteiger partial charge on any atom is -0.355 e. The molecule has 4 rings (SSSR count). The van der Waals surface area contributed by atoms with Crippen molar-refractivity contribution in [2.75, 3.05) is 12.4 Å². The molecule has 1 heterocycles. The number of halogens is 1. The van der Waals surface area contributed by atoms with Crippen molar-refractivity contribution in [3.8, 4) is 0 Å². The van der Waals surface area contributed by atoms with Gasteiger partial charge >= 0.3 is 0 Å². The summed E-state index contributed by atoms with van der Waals surface area (Å²) >= 11 is 6.12. The van der Waals surface area contributed by atoms with Gasteiger partial charge in [-0.2, -0.15) is 0 Å². The van der Waals surface area contributed by atoms with E-state index in [-0.39, 0.29) is 23.8 Å². The molecule has 6 nitrogen and oxygen atoms in total. The largest absolute Gasteiger partial charge is 0.355 e. The Balaban J connectivity index is 1.60. The Hall–Kier alpha value is -2.86. The normalized spacial score (nSPS) is 22.5. The molecule has 2 aromatic carbocycles. The van der Waals surface area contributed by atoms with E-state index in [0.29, 0.717) is 34.2 Å². The molecule has 1 aliphatic heterocycles. The van der Waals surface area contributed by atoms with Gasteiger partial charge in [0.2, 0.25) is 5.91 Å². The maximum absolute atomic E-state index is 13.4. The molecule has 0 bridgehead atoms. The number of hydrogen-bond acceptors (Lipinski definition) is 3. The topological polar surface area (TPSA) is 78.5 Å². The average Bonchev–Trinajstić information content (AvgIpc) is 3.19. The van der Waals surface area contributed by atoms with Gasteiger partial charge in [-0.25, -0.2) is 0 Å². The Kier molecular flexibility index (Phi) is 6.28. The first kappa shape index (κ1) is 21.4. The van der Waals surface area contributed by atoms with Gasteiger partial charge < -0.3 is 15.5 Å². The highest BCUT2D eigenvalue weighted by Gasteiger charge is 2.47. The summed E-state index contributed by atoms with van der Waals surface area (Å²) in [5, 5.41) is 5.76. The van der Waals surface area contributed by atoms with E-state index in [0.717, 1.165) is 25.7 Å². The van der Waals surface area contributed by atoms with Crippen molar-refractivity contribution >= 4 is 35.0 Å². The standard InChI is InChI=1S/C24H26ClN3O3/c1-26-22(29)18-14-17(11-12-19(18)25)27-23(30)21-13-16-9-5-6-10-20(16)28(21)24(31)15-7-3-2-4-8-15/h2-4,7-8,11-12,14,16,20-21H,5-6,9-10,13H2,1H3,(H,26,29)(H,27,30). The molecule has 7 heteroatoms. The van der Waals surface area contributed by atoms with Gasteiger partial charge in [-0.15, -0.1) is 0 Å². The molecule has 2 aliphatic rings. The Bertz CT molecular complexity index is 995. The van der Waals surface area contributed by atoms with E-state index >= 15 is 0 Å². The first-order valence-corrected chi connectivity index (χ1v) is 11.1. The number of likely N-dealkylation sites (tertiary alicyclic amines) is 1. The zero-order chi connectivity index (χ0) is 22.0. The van der Waals surface area contributed by atoms with Gasteiger partial charge in [0.05, 0.1) is 10.6 Å². The van der Waals surface area contributed by atoms with Gasteiger partial charge in [-0.3, -0.25) is 14.4 Å². The zero-order valence-corrected chi connectivity index (χ0v) is 18.2. The molecule has 1 saturated carbocycles. The van der Waals surface area contributed by atoms with E-state index < -0.39 is 6.04 Å². The Labute approximate surface area is 187 Å². The minimum absolute atomic E-state index is 0.0869. The van der Waals surface area contributed by atoms with Crippen LogP contribution in [0.15, 0.2) is 48.5 Å². The number of benzene rings is 2. The third-order valence-corrected chi connectivity index (χ3v) is 6.68. The van der Waals surface area contributed by atoms with E-state index in [2.05, 4.69) is 10.6 Å². The van der Waals surface area contributed by atoms with Crippen molar-refractivity contribution in [2.24, 2.45) is 5.92 Å². The summed E-state index contributed by atoms with van der Waals surface area (Å²) in [7, 11) is 1.53. The van der Waals surface area contributed by atoms with E-state index in [1.165, 1.54) is 7.05 Å². The number of nitrogens with zero attached hydrogens (tertiary/aromatic N) is 1. The Morgan fingerprint density at radius 2 is 1.77 bits per heavy atom. The van der Waals surface area contributed by atoms with Crippen LogP contribution in [0, 0.1) is 5.92 Å². The van der Waals surface area contributed by atoms with Gasteiger partial charge in [0, 0.05) is 24.3 Å². The zero-order valence-electron chi connectivity index (χ0n) is 17.4. The fraction of sp³-hybridized carbons (Fsp3) is 0.375. The van der Waals surface area contributed by atoms with E-state index in [1.54, 1.807) is 35.2 Å². The predicted molar refractivity (Wildman–Crippen MR) is 120 cm³/mol. The van der Waals surface area contributed by atoms with Gasteiger partial charge in [0.25, 0.3) is 11.8 Å². The van der Waals surface area contributed by atoms with E-state index in [1.807, 2.05) is 18.2 Å². The first-order valence-electron chi connectivity index (χ1n) is 10.7. The third-order valence-electron chi connectivity index (χ3n) is 6.35. The van der Waals surface area contributed by atoms with E-state index in [9.17, 15) is 14.4 Å². The maximum Gasteiger partial charge on any atom is 0.254 e. The molecule has 0 spiro atoms. The quantitative estimate of drug-likeness (QED) is 0.752. The minimum atomic E-state index is -0.542. The molecular weight excluding hydrogens is 414 g/mol. The number of hydrogen-bond donors (Lipinski definition) is 2. The Morgan fingerprint density at radius 3 is 2.52 bits per heavy atom. The highest BCUT2D eigenvalue weighted by molar-refractivity contribution is 6.34. The van der Waals surface area contributed by atoms with Crippen LogP contribution in [0.5, 0.6) is 0 Å². The van der Waals surface area contributed by atoms with Gasteiger partial charge in [-0.1, -0.05) is 42.6 Å². The smallest absolute Gasteiger partial charge is 0.254 e. The molecule has 1 aliphatic carbocycles. The number of fused-ring (bicyclic) bond motifs is 1. The Morgan fingerprint density at radius 1 is 1.03 bits per heavy atom. The van der Waals surface area contributed by atoms with Crippen LogP contribution in [0.4, 0.5) is 5.69 Å². The van der Waals surface area contributed by atoms with E-state index in [4.69, 9.17) is 11.6 Å². The predicted octanol–water partition coefficient (Wildman–Crippen LogP) is 4.11. The maximum atomic E-state index is 13.4. The lowest BCUT2D eigenvalue weighted by atomic mass is 9.84. The van der Waals surface area contributed by atoms with Crippen LogP contribution < -0.4 is 10.6 Å². The first-order chi connectivity index (χ1) is 15.0. The summed E-state index contributed by atoms with van der Waals surface area (Å²) in [5.41, 5.74) is 1.37. The number of amides is 3. The number of rotatable bonds is 4. The van der Waals surface area contributed by atoms with Crippen molar-refractivity contribution in [1.29, 1.82) is 0 Å². The summed E-state index contributed by atoms with van der Waals surface area (Å²) in [6, 6.07) is 13.5. The third kappa shape index (κ3) is 4.30. The molecule has 0 aromatic heterocycles. The van der Waals surface area contributed by atoms with Gasteiger partial charge in [0.1, 0.15) is 6.04 Å². The highest BCUT2D eigenvalue weighted by atomic mass is 35.5. The molecule has 3 amide bonds.